The lowest BCUT2D eigenvalue weighted by molar-refractivity contribution is -0.384. The van der Waals surface area contributed by atoms with Gasteiger partial charge >= 0.3 is 11.8 Å². The first-order valence-corrected chi connectivity index (χ1v) is 7.94. The number of carbonyl (C=O) groups excluding carboxylic acids is 1. The molecule has 1 aromatic carbocycles. The molecule has 1 amide bonds. The van der Waals surface area contributed by atoms with Gasteiger partial charge in [-0.3, -0.25) is 10.1 Å². The van der Waals surface area contributed by atoms with Crippen LogP contribution in [0.1, 0.15) is 24.8 Å². The highest BCUT2D eigenvalue weighted by molar-refractivity contribution is 6.29. The fourth-order valence-electron chi connectivity index (χ4n) is 2.80. The van der Waals surface area contributed by atoms with Gasteiger partial charge in [-0.2, -0.15) is 0 Å². The summed E-state index contributed by atoms with van der Waals surface area (Å²) in [5.41, 5.74) is 5.73. The Morgan fingerprint density at radius 3 is 2.48 bits per heavy atom. The second kappa shape index (κ2) is 6.56. The average Bonchev–Trinajstić information content (AvgIpc) is 2.51. The molecule has 1 aliphatic rings. The quantitative estimate of drug-likeness (QED) is 0.473. The summed E-state index contributed by atoms with van der Waals surface area (Å²) in [7, 11) is 0. The van der Waals surface area contributed by atoms with Crippen molar-refractivity contribution in [3.8, 4) is 0 Å². The van der Waals surface area contributed by atoms with Crippen molar-refractivity contribution < 1.29 is 14.5 Å². The number of nitrogens with zero attached hydrogens (tertiary/aromatic N) is 2. The van der Waals surface area contributed by atoms with Crippen LogP contribution in [-0.2, 0) is 10.3 Å². The van der Waals surface area contributed by atoms with Crippen LogP contribution in [0.15, 0.2) is 36.4 Å². The SMILES string of the molecule is NC(=O)OC1(c2ccc(Nc3nc(Cl)ccc3[N+](=O)[O-])cc2)CCC1. The summed E-state index contributed by atoms with van der Waals surface area (Å²) in [5.74, 6) is 0.0528. The average molecular weight is 363 g/mol. The zero-order valence-electron chi connectivity index (χ0n) is 13.1. The van der Waals surface area contributed by atoms with Crippen LogP contribution in [0.4, 0.5) is 22.0 Å². The van der Waals surface area contributed by atoms with Crippen molar-refractivity contribution in [1.29, 1.82) is 0 Å². The Hall–Kier alpha value is -2.87. The maximum Gasteiger partial charge on any atom is 0.405 e. The summed E-state index contributed by atoms with van der Waals surface area (Å²) < 4.78 is 5.28. The molecular weight excluding hydrogens is 348 g/mol. The van der Waals surface area contributed by atoms with E-state index in [0.29, 0.717) is 18.5 Å². The third-order valence-electron chi connectivity index (χ3n) is 4.17. The smallest absolute Gasteiger partial charge is 0.405 e. The van der Waals surface area contributed by atoms with Crippen LogP contribution in [0.25, 0.3) is 0 Å². The van der Waals surface area contributed by atoms with Gasteiger partial charge in [-0.05, 0) is 43.0 Å². The number of carbonyl (C=O) groups is 1. The van der Waals surface area contributed by atoms with Crippen molar-refractivity contribution in [2.45, 2.75) is 24.9 Å². The molecule has 25 heavy (non-hydrogen) atoms. The summed E-state index contributed by atoms with van der Waals surface area (Å²) in [5, 5.41) is 14.1. The van der Waals surface area contributed by atoms with Crippen LogP contribution in [-0.4, -0.2) is 16.0 Å². The van der Waals surface area contributed by atoms with Crippen molar-refractivity contribution in [3.63, 3.8) is 0 Å². The monoisotopic (exact) mass is 362 g/mol. The third kappa shape index (κ3) is 3.48. The number of nitrogens with two attached hydrogens (primary N) is 1. The second-order valence-electron chi connectivity index (χ2n) is 5.73. The van der Waals surface area contributed by atoms with Gasteiger partial charge < -0.3 is 15.8 Å². The Kier molecular flexibility index (Phi) is 4.45. The van der Waals surface area contributed by atoms with E-state index in [9.17, 15) is 14.9 Å². The van der Waals surface area contributed by atoms with Crippen molar-refractivity contribution >= 4 is 34.9 Å². The Morgan fingerprint density at radius 1 is 1.28 bits per heavy atom. The van der Waals surface area contributed by atoms with Crippen LogP contribution in [0, 0.1) is 10.1 Å². The number of amides is 1. The lowest BCUT2D eigenvalue weighted by Crippen LogP contribution is -2.40. The number of ether oxygens (including phenoxy) is 1. The maximum absolute atomic E-state index is 11.1. The van der Waals surface area contributed by atoms with E-state index in [1.165, 1.54) is 12.1 Å². The molecule has 8 nitrogen and oxygen atoms in total. The minimum atomic E-state index is -0.805. The fourth-order valence-corrected chi connectivity index (χ4v) is 2.95. The molecule has 2 aromatic rings. The Labute approximate surface area is 148 Å². The minimum absolute atomic E-state index is 0.0528. The molecule has 0 saturated heterocycles. The largest absolute Gasteiger partial charge is 0.438 e. The first kappa shape index (κ1) is 17.0. The first-order chi connectivity index (χ1) is 11.9. The summed E-state index contributed by atoms with van der Waals surface area (Å²) in [6.45, 7) is 0. The molecule has 0 aliphatic heterocycles. The number of hydrogen-bond donors (Lipinski definition) is 2. The molecule has 1 fully saturated rings. The normalized spacial score (nSPS) is 15.1. The molecule has 1 heterocycles. The Balaban J connectivity index is 1.83. The number of halogens is 1. The van der Waals surface area contributed by atoms with Gasteiger partial charge in [0.05, 0.1) is 4.92 Å². The summed E-state index contributed by atoms with van der Waals surface area (Å²) >= 11 is 5.81. The molecule has 1 aromatic heterocycles. The molecule has 1 aliphatic carbocycles. The van der Waals surface area contributed by atoms with E-state index in [0.717, 1.165) is 12.0 Å². The van der Waals surface area contributed by atoms with Gasteiger partial charge in [0.25, 0.3) is 0 Å². The van der Waals surface area contributed by atoms with Crippen LogP contribution in [0.3, 0.4) is 0 Å². The third-order valence-corrected chi connectivity index (χ3v) is 4.38. The van der Waals surface area contributed by atoms with Gasteiger partial charge in [0.15, 0.2) is 0 Å². The van der Waals surface area contributed by atoms with Crippen LogP contribution >= 0.6 is 11.6 Å². The number of nitro groups is 1. The van der Waals surface area contributed by atoms with Gasteiger partial charge in [0, 0.05) is 11.8 Å². The van der Waals surface area contributed by atoms with E-state index >= 15 is 0 Å². The maximum atomic E-state index is 11.1. The van der Waals surface area contributed by atoms with Crippen molar-refractivity contribution in [1.82, 2.24) is 4.98 Å². The first-order valence-electron chi connectivity index (χ1n) is 7.57. The zero-order valence-corrected chi connectivity index (χ0v) is 13.8. The van der Waals surface area contributed by atoms with E-state index < -0.39 is 16.6 Å². The topological polar surface area (TPSA) is 120 Å². The number of hydrogen-bond acceptors (Lipinski definition) is 6. The number of aromatic nitrogens is 1. The molecule has 0 bridgehead atoms. The molecule has 9 heteroatoms. The molecule has 0 unspecified atom stereocenters. The molecule has 0 spiro atoms. The number of primary amides is 1. The molecule has 130 valence electrons. The van der Waals surface area contributed by atoms with E-state index in [-0.39, 0.29) is 16.7 Å². The van der Waals surface area contributed by atoms with E-state index in [2.05, 4.69) is 10.3 Å². The number of pyridine rings is 1. The van der Waals surface area contributed by atoms with Crippen molar-refractivity contribution in [2.24, 2.45) is 5.73 Å². The van der Waals surface area contributed by atoms with E-state index in [1.807, 2.05) is 0 Å². The Bertz CT molecular complexity index is 821. The van der Waals surface area contributed by atoms with Gasteiger partial charge in [0.1, 0.15) is 10.8 Å². The lowest BCUT2D eigenvalue weighted by atomic mass is 9.75. The zero-order chi connectivity index (χ0) is 18.0. The van der Waals surface area contributed by atoms with E-state index in [1.54, 1.807) is 24.3 Å². The molecule has 0 radical (unpaired) electrons. The van der Waals surface area contributed by atoms with Crippen molar-refractivity contribution in [3.05, 3.63) is 57.2 Å². The van der Waals surface area contributed by atoms with Crippen LogP contribution < -0.4 is 11.1 Å². The number of benzene rings is 1. The molecule has 3 N–H and O–H groups in total. The molecular formula is C16H15ClN4O4. The highest BCUT2D eigenvalue weighted by atomic mass is 35.5. The summed E-state index contributed by atoms with van der Waals surface area (Å²) in [6.07, 6.45) is 1.57. The standard InChI is InChI=1S/C16H15ClN4O4/c17-13-7-6-12(21(23)24)14(20-13)19-11-4-2-10(3-5-11)16(8-1-9-16)25-15(18)22/h2-7H,1,8-9H2,(H2,18,22)(H,19,20). The Morgan fingerprint density at radius 2 is 1.96 bits per heavy atom. The summed E-state index contributed by atoms with van der Waals surface area (Å²) in [6, 6.07) is 9.69. The lowest BCUT2D eigenvalue weighted by Gasteiger charge is -2.40. The molecule has 1 saturated carbocycles. The van der Waals surface area contributed by atoms with Gasteiger partial charge in [0.2, 0.25) is 5.82 Å². The number of nitrogens with one attached hydrogen (secondary N) is 1. The van der Waals surface area contributed by atoms with E-state index in [4.69, 9.17) is 22.1 Å². The predicted molar refractivity (Wildman–Crippen MR) is 91.8 cm³/mol. The minimum Gasteiger partial charge on any atom is -0.438 e. The number of anilines is 2. The predicted octanol–water partition coefficient (Wildman–Crippen LogP) is 3.86. The number of rotatable bonds is 5. The highest BCUT2D eigenvalue weighted by Crippen LogP contribution is 2.45. The van der Waals surface area contributed by atoms with Gasteiger partial charge in [-0.15, -0.1) is 0 Å². The van der Waals surface area contributed by atoms with Gasteiger partial charge in [-0.25, -0.2) is 9.78 Å². The summed E-state index contributed by atoms with van der Waals surface area (Å²) in [4.78, 5) is 25.6. The van der Waals surface area contributed by atoms with Gasteiger partial charge in [-0.1, -0.05) is 23.7 Å². The second-order valence-corrected chi connectivity index (χ2v) is 6.12. The van der Waals surface area contributed by atoms with Crippen LogP contribution in [0.2, 0.25) is 5.15 Å². The fraction of sp³-hybridized carbons (Fsp3) is 0.250. The van der Waals surface area contributed by atoms with Crippen LogP contribution in [0.5, 0.6) is 0 Å². The van der Waals surface area contributed by atoms with Crippen molar-refractivity contribution in [2.75, 3.05) is 5.32 Å². The highest BCUT2D eigenvalue weighted by Gasteiger charge is 2.42. The molecule has 3 rings (SSSR count). The molecule has 0 atom stereocenters.